The van der Waals surface area contributed by atoms with E-state index in [-0.39, 0.29) is 0 Å². The molecule has 5 nitrogen and oxygen atoms in total. The molecule has 0 aliphatic heterocycles. The van der Waals surface area contributed by atoms with Crippen LogP contribution in [0.4, 0.5) is 0 Å². The van der Waals surface area contributed by atoms with E-state index >= 15 is 0 Å². The second-order valence-electron chi connectivity index (χ2n) is 4.89. The molecule has 0 aliphatic carbocycles. The molecule has 3 rings (SSSR count). The lowest BCUT2D eigenvalue weighted by molar-refractivity contribution is 0.477. The predicted molar refractivity (Wildman–Crippen MR) is 81.0 cm³/mol. The first-order chi connectivity index (χ1) is 10.6. The zero-order valence-corrected chi connectivity index (χ0v) is 12.1. The van der Waals surface area contributed by atoms with Crippen LogP contribution >= 0.6 is 0 Å². The summed E-state index contributed by atoms with van der Waals surface area (Å²) in [4.78, 5) is 15.5. The van der Waals surface area contributed by atoms with E-state index in [9.17, 15) is 10.1 Å². The number of hydrogen-bond acceptors (Lipinski definition) is 5. The summed E-state index contributed by atoms with van der Waals surface area (Å²) in [6, 6.07) is 12.0. The molecule has 5 heteroatoms. The lowest BCUT2D eigenvalue weighted by atomic mass is 10.2. The van der Waals surface area contributed by atoms with Gasteiger partial charge in [0.05, 0.1) is 5.69 Å². The van der Waals surface area contributed by atoms with Gasteiger partial charge in [-0.15, -0.1) is 0 Å². The molecule has 0 unspecified atom stereocenters. The number of aryl methyl sites for hydroxylation is 2. The van der Waals surface area contributed by atoms with Crippen LogP contribution in [0.25, 0.3) is 11.0 Å². The van der Waals surface area contributed by atoms with Gasteiger partial charge in [0, 0.05) is 29.3 Å². The maximum absolute atomic E-state index is 11.3. The first-order valence-electron chi connectivity index (χ1n) is 6.67. The first kappa shape index (κ1) is 13.8. The number of rotatable bonds is 2. The number of hydrogen-bond donors (Lipinski definition) is 0. The summed E-state index contributed by atoms with van der Waals surface area (Å²) < 4.78 is 10.9. The van der Waals surface area contributed by atoms with Gasteiger partial charge in [-0.1, -0.05) is 0 Å². The Bertz CT molecular complexity index is 968. The van der Waals surface area contributed by atoms with Crippen molar-refractivity contribution < 1.29 is 9.15 Å². The molecular formula is C17H12N2O3. The summed E-state index contributed by atoms with van der Waals surface area (Å²) in [5.41, 5.74) is 1.79. The fourth-order valence-corrected chi connectivity index (χ4v) is 2.24. The average molecular weight is 292 g/mol. The van der Waals surface area contributed by atoms with Crippen molar-refractivity contribution in [2.45, 2.75) is 13.8 Å². The second kappa shape index (κ2) is 5.34. The van der Waals surface area contributed by atoms with Gasteiger partial charge in [0.15, 0.2) is 0 Å². The van der Waals surface area contributed by atoms with Crippen LogP contribution in [-0.4, -0.2) is 4.98 Å². The fraction of sp³-hybridized carbons (Fsp3) is 0.118. The minimum atomic E-state index is -0.419. The highest BCUT2D eigenvalue weighted by molar-refractivity contribution is 5.77. The Morgan fingerprint density at radius 1 is 1.18 bits per heavy atom. The number of nitrogens with zero attached hydrogens (tertiary/aromatic N) is 2. The maximum Gasteiger partial charge on any atom is 0.336 e. The van der Waals surface area contributed by atoms with E-state index in [2.05, 4.69) is 11.1 Å². The van der Waals surface area contributed by atoms with Gasteiger partial charge in [-0.05, 0) is 32.0 Å². The Hall–Kier alpha value is -3.13. The van der Waals surface area contributed by atoms with Crippen LogP contribution < -0.4 is 10.4 Å². The van der Waals surface area contributed by atoms with Gasteiger partial charge < -0.3 is 9.15 Å². The van der Waals surface area contributed by atoms with Crippen molar-refractivity contribution in [1.29, 1.82) is 5.26 Å². The number of pyridine rings is 1. The zero-order valence-electron chi connectivity index (χ0n) is 12.1. The molecular weight excluding hydrogens is 280 g/mol. The Morgan fingerprint density at radius 2 is 1.95 bits per heavy atom. The molecule has 0 aliphatic rings. The third-order valence-electron chi connectivity index (χ3n) is 3.23. The van der Waals surface area contributed by atoms with Crippen molar-refractivity contribution in [3.63, 3.8) is 0 Å². The van der Waals surface area contributed by atoms with E-state index < -0.39 is 5.63 Å². The van der Waals surface area contributed by atoms with Crippen LogP contribution in [-0.2, 0) is 0 Å². The number of fused-ring (bicyclic) bond motifs is 1. The highest BCUT2D eigenvalue weighted by atomic mass is 16.5. The van der Waals surface area contributed by atoms with Crippen LogP contribution in [0.1, 0.15) is 17.0 Å². The molecule has 22 heavy (non-hydrogen) atoms. The quantitative estimate of drug-likeness (QED) is 0.676. The van der Waals surface area contributed by atoms with Crippen LogP contribution in [0, 0.1) is 25.2 Å². The van der Waals surface area contributed by atoms with E-state index in [1.54, 1.807) is 37.3 Å². The summed E-state index contributed by atoms with van der Waals surface area (Å²) in [6.45, 7) is 3.60. The number of aromatic nitrogens is 1. The van der Waals surface area contributed by atoms with Crippen LogP contribution in [0.2, 0.25) is 0 Å². The smallest absolute Gasteiger partial charge is 0.336 e. The van der Waals surface area contributed by atoms with Crippen molar-refractivity contribution in [2.24, 2.45) is 0 Å². The Morgan fingerprint density at radius 3 is 2.73 bits per heavy atom. The summed E-state index contributed by atoms with van der Waals surface area (Å²) in [6.07, 6.45) is 0. The molecule has 0 amide bonds. The molecule has 0 saturated heterocycles. The highest BCUT2D eigenvalue weighted by Crippen LogP contribution is 2.29. The van der Waals surface area contributed by atoms with Crippen LogP contribution in [0.3, 0.4) is 0 Å². The standard InChI is InChI=1S/C17H12N2O3/c1-10-7-16(14(9-18)11(2)19-10)21-13-5-3-12-4-6-17(20)22-15(12)8-13/h3-8H,1-2H3. The molecule has 0 saturated carbocycles. The van der Waals surface area contributed by atoms with Crippen molar-refractivity contribution in [1.82, 2.24) is 4.98 Å². The van der Waals surface area contributed by atoms with E-state index in [1.165, 1.54) is 6.07 Å². The van der Waals surface area contributed by atoms with E-state index in [4.69, 9.17) is 9.15 Å². The Kier molecular flexibility index (Phi) is 3.36. The summed E-state index contributed by atoms with van der Waals surface area (Å²) in [5, 5.41) is 10.0. The summed E-state index contributed by atoms with van der Waals surface area (Å²) >= 11 is 0. The van der Waals surface area contributed by atoms with Crippen LogP contribution in [0.5, 0.6) is 11.5 Å². The molecule has 0 radical (unpaired) electrons. The molecule has 0 spiro atoms. The second-order valence-corrected chi connectivity index (χ2v) is 4.89. The predicted octanol–water partition coefficient (Wildman–Crippen LogP) is 3.47. The topological polar surface area (TPSA) is 76.1 Å². The molecule has 0 bridgehead atoms. The third-order valence-corrected chi connectivity index (χ3v) is 3.23. The molecule has 3 aromatic rings. The minimum Gasteiger partial charge on any atom is -0.456 e. The highest BCUT2D eigenvalue weighted by Gasteiger charge is 2.11. The number of benzene rings is 1. The van der Waals surface area contributed by atoms with E-state index in [0.717, 1.165) is 11.1 Å². The molecule has 0 N–H and O–H groups in total. The summed E-state index contributed by atoms with van der Waals surface area (Å²) in [7, 11) is 0. The minimum absolute atomic E-state index is 0.389. The summed E-state index contributed by atoms with van der Waals surface area (Å²) in [5.74, 6) is 0.925. The van der Waals surface area contributed by atoms with Gasteiger partial charge in [-0.3, -0.25) is 4.98 Å². The zero-order chi connectivity index (χ0) is 15.7. The van der Waals surface area contributed by atoms with Crippen molar-refractivity contribution in [2.75, 3.05) is 0 Å². The SMILES string of the molecule is Cc1cc(Oc2ccc3ccc(=O)oc3c2)c(C#N)c(C)n1. The van der Waals surface area contributed by atoms with Gasteiger partial charge in [0.2, 0.25) is 0 Å². The van der Waals surface area contributed by atoms with Gasteiger partial charge in [0.1, 0.15) is 28.7 Å². The first-order valence-corrected chi connectivity index (χ1v) is 6.67. The largest absolute Gasteiger partial charge is 0.456 e. The third kappa shape index (κ3) is 2.54. The lowest BCUT2D eigenvalue weighted by Crippen LogP contribution is -1.97. The lowest BCUT2D eigenvalue weighted by Gasteiger charge is -2.10. The average Bonchev–Trinajstić information content (AvgIpc) is 2.46. The normalized spacial score (nSPS) is 10.4. The molecule has 1 aromatic carbocycles. The Balaban J connectivity index is 2.07. The Labute approximate surface area is 126 Å². The van der Waals surface area contributed by atoms with Crippen molar-refractivity contribution in [3.05, 3.63) is 63.8 Å². The monoisotopic (exact) mass is 292 g/mol. The molecule has 2 heterocycles. The van der Waals surface area contributed by atoms with Gasteiger partial charge in [-0.25, -0.2) is 4.79 Å². The van der Waals surface area contributed by atoms with Gasteiger partial charge >= 0.3 is 5.63 Å². The van der Waals surface area contributed by atoms with Crippen molar-refractivity contribution in [3.8, 4) is 17.6 Å². The fourth-order valence-electron chi connectivity index (χ4n) is 2.24. The molecule has 108 valence electrons. The van der Waals surface area contributed by atoms with Crippen LogP contribution in [0.15, 0.2) is 45.6 Å². The number of ether oxygens (including phenoxy) is 1. The van der Waals surface area contributed by atoms with Gasteiger partial charge in [-0.2, -0.15) is 5.26 Å². The van der Waals surface area contributed by atoms with Gasteiger partial charge in [0.25, 0.3) is 0 Å². The van der Waals surface area contributed by atoms with E-state index in [0.29, 0.717) is 28.3 Å². The molecule has 0 atom stereocenters. The molecule has 0 fully saturated rings. The van der Waals surface area contributed by atoms with E-state index in [1.807, 2.05) is 6.92 Å². The van der Waals surface area contributed by atoms with Crippen molar-refractivity contribution >= 4 is 11.0 Å². The molecule has 2 aromatic heterocycles. The maximum atomic E-state index is 11.3. The number of nitriles is 1.